The van der Waals surface area contributed by atoms with E-state index in [1.165, 1.54) is 12.4 Å². The van der Waals surface area contributed by atoms with Gasteiger partial charge in [0, 0.05) is 69.5 Å². The second-order valence-corrected chi connectivity index (χ2v) is 13.2. The van der Waals surface area contributed by atoms with E-state index in [9.17, 15) is 24.0 Å². The van der Waals surface area contributed by atoms with Crippen molar-refractivity contribution >= 4 is 57.6 Å². The third kappa shape index (κ3) is 8.61. The predicted molar refractivity (Wildman–Crippen MR) is 200 cm³/mol. The summed E-state index contributed by atoms with van der Waals surface area (Å²) in [4.78, 5) is 76.4. The molecule has 0 saturated carbocycles. The number of nitrogens with one attached hydrogen (secondary N) is 5. The summed E-state index contributed by atoms with van der Waals surface area (Å²) in [7, 11) is 1.55. The Labute approximate surface area is 308 Å². The zero-order valence-corrected chi connectivity index (χ0v) is 30.1. The van der Waals surface area contributed by atoms with Gasteiger partial charge in [0.1, 0.15) is 23.4 Å². The normalized spacial score (nSPS) is 17.8. The molecule has 2 unspecified atom stereocenters. The summed E-state index contributed by atoms with van der Waals surface area (Å²) < 4.78 is 13.1. The van der Waals surface area contributed by atoms with Crippen LogP contribution in [0, 0.1) is 6.92 Å². The van der Waals surface area contributed by atoms with Crippen molar-refractivity contribution in [1.82, 2.24) is 34.6 Å². The lowest BCUT2D eigenvalue weighted by Crippen LogP contribution is -2.50. The SMILES string of the molecule is COc1cc(Cl)c(C)cc1NCC(=O)N1CCN(C/C=C/C(=O)NCCNc2c(NCC3CCC(n4cnc5c(=O)[nH]c(N)nc54)O3)c(=O)c2=O)CC1. The molecule has 2 aromatic heterocycles. The van der Waals surface area contributed by atoms with Crippen molar-refractivity contribution in [3.63, 3.8) is 0 Å². The number of carbonyl (C=O) groups is 2. The number of aryl methyl sites for hydroxylation is 1. The van der Waals surface area contributed by atoms with Gasteiger partial charge in [-0.15, -0.1) is 0 Å². The molecular weight excluding hydrogens is 710 g/mol. The molecule has 2 aliphatic rings. The molecule has 0 aliphatic carbocycles. The number of H-pyrrole nitrogens is 1. The van der Waals surface area contributed by atoms with Crippen LogP contribution in [0.2, 0.25) is 5.02 Å². The van der Waals surface area contributed by atoms with Gasteiger partial charge in [0.05, 0.1) is 31.8 Å². The Bertz CT molecular complexity index is 2130. The molecule has 2 aliphatic heterocycles. The number of halogens is 1. The molecule has 282 valence electrons. The number of aromatic nitrogens is 4. The van der Waals surface area contributed by atoms with E-state index in [1.54, 1.807) is 28.7 Å². The molecule has 0 spiro atoms. The molecule has 2 amide bonds. The van der Waals surface area contributed by atoms with E-state index in [4.69, 9.17) is 26.8 Å². The molecule has 0 bridgehead atoms. The van der Waals surface area contributed by atoms with Gasteiger partial charge in [-0.2, -0.15) is 4.98 Å². The van der Waals surface area contributed by atoms with E-state index < -0.39 is 22.6 Å². The maximum absolute atomic E-state index is 12.8. The van der Waals surface area contributed by atoms with Crippen LogP contribution >= 0.6 is 11.6 Å². The maximum atomic E-state index is 12.8. The average molecular weight is 752 g/mol. The summed E-state index contributed by atoms with van der Waals surface area (Å²) in [6, 6.07) is 3.57. The Morgan fingerprint density at radius 1 is 1.08 bits per heavy atom. The summed E-state index contributed by atoms with van der Waals surface area (Å²) in [6.07, 6.45) is 5.29. The third-order valence-corrected chi connectivity index (χ3v) is 9.66. The minimum atomic E-state index is -0.627. The lowest BCUT2D eigenvalue weighted by Gasteiger charge is -2.34. The number of amides is 2. The largest absolute Gasteiger partial charge is 0.495 e. The quantitative estimate of drug-likeness (QED) is 0.0549. The first-order valence-corrected chi connectivity index (χ1v) is 17.6. The molecule has 0 radical (unpaired) electrons. The summed E-state index contributed by atoms with van der Waals surface area (Å²) >= 11 is 6.17. The van der Waals surface area contributed by atoms with Crippen LogP contribution in [0.25, 0.3) is 11.2 Å². The zero-order chi connectivity index (χ0) is 37.6. The minimum absolute atomic E-state index is 0.0175. The molecule has 18 nitrogen and oxygen atoms in total. The molecule has 4 heterocycles. The highest BCUT2D eigenvalue weighted by Gasteiger charge is 2.30. The molecule has 4 aromatic rings. The van der Waals surface area contributed by atoms with Crippen molar-refractivity contribution in [2.24, 2.45) is 0 Å². The highest BCUT2D eigenvalue weighted by molar-refractivity contribution is 6.31. The molecular formula is C34H42ClN11O7. The number of nitrogen functional groups attached to an aromatic ring is 1. The van der Waals surface area contributed by atoms with Gasteiger partial charge < -0.3 is 41.4 Å². The smallest absolute Gasteiger partial charge is 0.280 e. The highest BCUT2D eigenvalue weighted by Crippen LogP contribution is 2.32. The van der Waals surface area contributed by atoms with Crippen LogP contribution in [0.15, 0.2) is 45.0 Å². The molecule has 6 rings (SSSR count). The van der Waals surface area contributed by atoms with Crippen molar-refractivity contribution in [2.45, 2.75) is 32.1 Å². The Morgan fingerprint density at radius 3 is 2.58 bits per heavy atom. The van der Waals surface area contributed by atoms with E-state index in [-0.39, 0.29) is 66.9 Å². The van der Waals surface area contributed by atoms with Crippen molar-refractivity contribution < 1.29 is 19.1 Å². The number of imidazole rings is 1. The number of fused-ring (bicyclic) bond motifs is 1. The number of hydrogen-bond acceptors (Lipinski definition) is 14. The Morgan fingerprint density at radius 2 is 1.83 bits per heavy atom. The van der Waals surface area contributed by atoms with E-state index in [0.717, 1.165) is 5.56 Å². The second-order valence-electron chi connectivity index (χ2n) is 12.8. The van der Waals surface area contributed by atoms with Gasteiger partial charge in [0.25, 0.3) is 16.4 Å². The zero-order valence-electron chi connectivity index (χ0n) is 29.4. The molecule has 53 heavy (non-hydrogen) atoms. The minimum Gasteiger partial charge on any atom is -0.495 e. The third-order valence-electron chi connectivity index (χ3n) is 9.26. The number of nitrogens with two attached hydrogens (primary N) is 1. The van der Waals surface area contributed by atoms with E-state index in [0.29, 0.717) is 67.7 Å². The van der Waals surface area contributed by atoms with Crippen LogP contribution in [0.1, 0.15) is 24.6 Å². The number of anilines is 4. The van der Waals surface area contributed by atoms with Gasteiger partial charge >= 0.3 is 0 Å². The molecule has 19 heteroatoms. The number of carbonyl (C=O) groups excluding carboxylic acids is 2. The number of methoxy groups -OCH3 is 1. The van der Waals surface area contributed by atoms with Crippen molar-refractivity contribution in [2.75, 3.05) is 87.7 Å². The fraction of sp³-hybridized carbons (Fsp3) is 0.441. The molecule has 2 fully saturated rings. The van der Waals surface area contributed by atoms with Crippen LogP contribution in [0.3, 0.4) is 0 Å². The molecule has 2 saturated heterocycles. The van der Waals surface area contributed by atoms with Crippen LogP contribution in [-0.2, 0) is 14.3 Å². The van der Waals surface area contributed by atoms with Gasteiger partial charge in [0.15, 0.2) is 11.2 Å². The first-order chi connectivity index (χ1) is 25.5. The van der Waals surface area contributed by atoms with Crippen LogP contribution in [0.5, 0.6) is 5.75 Å². The number of piperazine rings is 1. The van der Waals surface area contributed by atoms with Gasteiger partial charge in [-0.3, -0.25) is 38.4 Å². The van der Waals surface area contributed by atoms with Crippen molar-refractivity contribution in [3.8, 4) is 5.75 Å². The highest BCUT2D eigenvalue weighted by atomic mass is 35.5. The van der Waals surface area contributed by atoms with Crippen LogP contribution in [-0.4, -0.2) is 113 Å². The number of rotatable bonds is 15. The van der Waals surface area contributed by atoms with Crippen LogP contribution in [0.4, 0.5) is 23.0 Å². The Kier molecular flexibility index (Phi) is 11.6. The van der Waals surface area contributed by atoms with Crippen molar-refractivity contribution in [3.05, 3.63) is 72.0 Å². The molecule has 7 N–H and O–H groups in total. The summed E-state index contributed by atoms with van der Waals surface area (Å²) in [6.45, 7) is 5.82. The Balaban J connectivity index is 0.865. The maximum Gasteiger partial charge on any atom is 0.280 e. The number of nitrogens with zero attached hydrogens (tertiary/aromatic N) is 5. The lowest BCUT2D eigenvalue weighted by atomic mass is 10.1. The first-order valence-electron chi connectivity index (χ1n) is 17.2. The van der Waals surface area contributed by atoms with Crippen molar-refractivity contribution in [1.29, 1.82) is 0 Å². The predicted octanol–water partition coefficient (Wildman–Crippen LogP) is 0.399. The summed E-state index contributed by atoms with van der Waals surface area (Å²) in [5.41, 5.74) is 6.43. The number of aromatic amines is 1. The fourth-order valence-electron chi connectivity index (χ4n) is 6.31. The van der Waals surface area contributed by atoms with Gasteiger partial charge in [0.2, 0.25) is 17.8 Å². The van der Waals surface area contributed by atoms with E-state index >= 15 is 0 Å². The van der Waals surface area contributed by atoms with Gasteiger partial charge in [-0.1, -0.05) is 17.7 Å². The fourth-order valence-corrected chi connectivity index (χ4v) is 6.47. The second kappa shape index (κ2) is 16.5. The number of ether oxygens (including phenoxy) is 2. The topological polar surface area (TPSA) is 231 Å². The number of benzene rings is 1. The first kappa shape index (κ1) is 37.3. The lowest BCUT2D eigenvalue weighted by molar-refractivity contribution is -0.130. The molecule has 2 atom stereocenters. The van der Waals surface area contributed by atoms with Gasteiger partial charge in [-0.05, 0) is 31.4 Å². The average Bonchev–Trinajstić information content (AvgIpc) is 3.80. The molecule has 2 aromatic carbocycles. The summed E-state index contributed by atoms with van der Waals surface area (Å²) in [5, 5.41) is 12.5. The van der Waals surface area contributed by atoms with E-state index in [1.807, 2.05) is 13.0 Å². The monoisotopic (exact) mass is 751 g/mol. The number of hydrogen-bond donors (Lipinski definition) is 6. The van der Waals surface area contributed by atoms with Gasteiger partial charge in [-0.25, -0.2) is 4.98 Å². The Hall–Kier alpha value is -5.46. The summed E-state index contributed by atoms with van der Waals surface area (Å²) in [5.74, 6) is 0.246. The van der Waals surface area contributed by atoms with Crippen LogP contribution < -0.4 is 48.2 Å². The standard InChI is InChI=1S/C34H42ClN11O7/c1-19-14-22(23(52-2)15-21(19)35)39-17-25(48)45-12-10-44(11-13-45)9-3-4-24(47)37-7-8-38-27-28(31(50)30(27)49)40-16-20-5-6-26(53-20)46-18-41-29-32(46)42-34(36)43-33(29)51/h3-4,14-15,18,20,26,38-40H,5-13,16-17H2,1-2H3,(H,37,47)(H3,36,42,43,51)/b4-3+. The van der Waals surface area contributed by atoms with E-state index in [2.05, 4.69) is 41.1 Å².